The van der Waals surface area contributed by atoms with Gasteiger partial charge in [-0.1, -0.05) is 18.2 Å². The van der Waals surface area contributed by atoms with Crippen molar-refractivity contribution in [2.45, 2.75) is 26.9 Å². The van der Waals surface area contributed by atoms with Gasteiger partial charge in [0.15, 0.2) is 5.13 Å². The van der Waals surface area contributed by atoms with Crippen LogP contribution >= 0.6 is 11.3 Å². The van der Waals surface area contributed by atoms with Crippen molar-refractivity contribution in [1.29, 1.82) is 0 Å². The average molecular weight is 498 g/mol. The number of ether oxygens (including phenoxy) is 2. The van der Waals surface area contributed by atoms with E-state index in [4.69, 9.17) is 9.47 Å². The highest BCUT2D eigenvalue weighted by atomic mass is 32.1. The summed E-state index contributed by atoms with van der Waals surface area (Å²) in [6, 6.07) is 11.6. The van der Waals surface area contributed by atoms with E-state index < -0.39 is 17.7 Å². The van der Waals surface area contributed by atoms with Crippen molar-refractivity contribution in [2.75, 3.05) is 23.5 Å². The Labute approximate surface area is 205 Å². The number of aryl methyl sites for hydroxylation is 1. The molecule has 0 aliphatic carbocycles. The predicted octanol–water partition coefficient (Wildman–Crippen LogP) is 4.38. The molecular formula is C25H24FN3O5S. The van der Waals surface area contributed by atoms with Crippen molar-refractivity contribution in [2.24, 2.45) is 5.92 Å². The number of benzene rings is 2. The number of hydrogen-bond donors (Lipinski definition) is 0. The van der Waals surface area contributed by atoms with Crippen LogP contribution < -0.4 is 14.5 Å². The Morgan fingerprint density at radius 3 is 2.74 bits per heavy atom. The van der Waals surface area contributed by atoms with E-state index in [9.17, 15) is 18.8 Å². The zero-order chi connectivity index (χ0) is 25.1. The number of thiazole rings is 1. The number of aromatic nitrogens is 1. The third kappa shape index (κ3) is 5.17. The fourth-order valence-electron chi connectivity index (χ4n) is 3.81. The Kier molecular flexibility index (Phi) is 7.11. The van der Waals surface area contributed by atoms with E-state index in [1.165, 1.54) is 41.2 Å². The Balaban J connectivity index is 1.41. The first-order valence-electron chi connectivity index (χ1n) is 10.9. The molecule has 0 unspecified atom stereocenters. The first-order chi connectivity index (χ1) is 16.8. The highest BCUT2D eigenvalue weighted by Gasteiger charge is 2.36. The van der Waals surface area contributed by atoms with E-state index in [0.29, 0.717) is 33.5 Å². The number of carbonyl (C=O) groups is 3. The summed E-state index contributed by atoms with van der Waals surface area (Å²) in [7, 11) is 1.52. The Morgan fingerprint density at radius 2 is 2.03 bits per heavy atom. The summed E-state index contributed by atoms with van der Waals surface area (Å²) in [5.41, 5.74) is 1.92. The van der Waals surface area contributed by atoms with E-state index in [1.807, 2.05) is 0 Å². The predicted molar refractivity (Wildman–Crippen MR) is 129 cm³/mol. The van der Waals surface area contributed by atoms with Crippen LogP contribution in [0.3, 0.4) is 0 Å². The summed E-state index contributed by atoms with van der Waals surface area (Å²) < 4.78 is 24.7. The number of halogens is 1. The van der Waals surface area contributed by atoms with E-state index in [0.717, 1.165) is 0 Å². The molecule has 2 heterocycles. The van der Waals surface area contributed by atoms with Crippen LogP contribution in [0.5, 0.6) is 5.75 Å². The number of nitrogens with zero attached hydrogens (tertiary/aromatic N) is 3. The molecular weight excluding hydrogens is 473 g/mol. The highest BCUT2D eigenvalue weighted by Crippen LogP contribution is 2.35. The molecule has 0 N–H and O–H groups in total. The zero-order valence-corrected chi connectivity index (χ0v) is 20.3. The number of carbonyl (C=O) groups excluding carboxylic acids is 3. The molecule has 2 amide bonds. The summed E-state index contributed by atoms with van der Waals surface area (Å²) in [5.74, 6) is -1.59. The van der Waals surface area contributed by atoms with Crippen LogP contribution in [0.15, 0.2) is 47.8 Å². The maximum atomic E-state index is 13.9. The Morgan fingerprint density at radius 1 is 1.26 bits per heavy atom. The lowest BCUT2D eigenvalue weighted by Gasteiger charge is -2.20. The third-order valence-electron chi connectivity index (χ3n) is 5.66. The van der Waals surface area contributed by atoms with E-state index in [1.54, 1.807) is 48.7 Å². The topological polar surface area (TPSA) is 89.0 Å². The van der Waals surface area contributed by atoms with E-state index >= 15 is 0 Å². The number of para-hydroxylation sites is 2. The van der Waals surface area contributed by atoms with Crippen molar-refractivity contribution in [3.63, 3.8) is 0 Å². The molecule has 1 aliphatic rings. The van der Waals surface area contributed by atoms with Gasteiger partial charge in [0.1, 0.15) is 18.2 Å². The fraction of sp³-hybridized carbons (Fsp3) is 0.280. The van der Waals surface area contributed by atoms with Crippen LogP contribution in [-0.2, 0) is 25.7 Å². The molecule has 8 nitrogen and oxygen atoms in total. The van der Waals surface area contributed by atoms with E-state index in [2.05, 4.69) is 4.98 Å². The van der Waals surface area contributed by atoms with Crippen LogP contribution in [0.25, 0.3) is 0 Å². The molecule has 1 aliphatic heterocycles. The Bertz CT molecular complexity index is 1280. The molecule has 1 fully saturated rings. The van der Waals surface area contributed by atoms with Crippen molar-refractivity contribution < 1.29 is 28.2 Å². The molecule has 3 aromatic rings. The van der Waals surface area contributed by atoms with Crippen molar-refractivity contribution in [3.05, 3.63) is 64.9 Å². The second-order valence-corrected chi connectivity index (χ2v) is 8.93. The average Bonchev–Trinajstić information content (AvgIpc) is 3.46. The summed E-state index contributed by atoms with van der Waals surface area (Å²) in [6.07, 6.45) is -0.0113. The molecule has 4 rings (SSSR count). The summed E-state index contributed by atoms with van der Waals surface area (Å²) in [4.78, 5) is 44.7. The first-order valence-corrected chi connectivity index (χ1v) is 11.8. The van der Waals surface area contributed by atoms with Gasteiger partial charge in [0.2, 0.25) is 11.8 Å². The monoisotopic (exact) mass is 497 g/mol. The van der Waals surface area contributed by atoms with Gasteiger partial charge in [0, 0.05) is 31.0 Å². The zero-order valence-electron chi connectivity index (χ0n) is 19.5. The lowest BCUT2D eigenvalue weighted by molar-refractivity contribution is -0.149. The summed E-state index contributed by atoms with van der Waals surface area (Å²) >= 11 is 1.23. The quantitative estimate of drug-likeness (QED) is 0.450. The highest BCUT2D eigenvalue weighted by molar-refractivity contribution is 7.14. The molecule has 10 heteroatoms. The minimum Gasteiger partial charge on any atom is -0.495 e. The molecule has 0 spiro atoms. The molecule has 2 aromatic carbocycles. The van der Waals surface area contributed by atoms with Crippen LogP contribution in [0.2, 0.25) is 0 Å². The summed E-state index contributed by atoms with van der Waals surface area (Å²) in [6.45, 7) is 3.09. The van der Waals surface area contributed by atoms with Gasteiger partial charge in [0.25, 0.3) is 0 Å². The molecule has 1 atom stereocenters. The lowest BCUT2D eigenvalue weighted by Crippen LogP contribution is -2.26. The number of anilines is 3. The molecule has 0 saturated carbocycles. The molecule has 1 saturated heterocycles. The largest absolute Gasteiger partial charge is 0.495 e. The van der Waals surface area contributed by atoms with Crippen molar-refractivity contribution >= 4 is 45.6 Å². The van der Waals surface area contributed by atoms with Crippen LogP contribution in [0.1, 0.15) is 24.6 Å². The molecule has 35 heavy (non-hydrogen) atoms. The Hall–Kier alpha value is -3.79. The van der Waals surface area contributed by atoms with Gasteiger partial charge >= 0.3 is 5.97 Å². The number of esters is 1. The number of methoxy groups -OCH3 is 1. The molecule has 182 valence electrons. The van der Waals surface area contributed by atoms with Gasteiger partial charge in [-0.15, -0.1) is 11.3 Å². The molecule has 0 bridgehead atoms. The normalized spacial score (nSPS) is 15.3. The third-order valence-corrected chi connectivity index (χ3v) is 6.53. The van der Waals surface area contributed by atoms with Gasteiger partial charge in [0.05, 0.1) is 24.4 Å². The van der Waals surface area contributed by atoms with Crippen LogP contribution in [0, 0.1) is 18.7 Å². The fourth-order valence-corrected chi connectivity index (χ4v) is 4.68. The number of amides is 2. The lowest BCUT2D eigenvalue weighted by atomic mass is 10.1. The van der Waals surface area contributed by atoms with Crippen LogP contribution in [0.4, 0.5) is 20.9 Å². The minimum absolute atomic E-state index is 0.0113. The van der Waals surface area contributed by atoms with Crippen LogP contribution in [-0.4, -0.2) is 36.4 Å². The number of rotatable bonds is 7. The van der Waals surface area contributed by atoms with Crippen molar-refractivity contribution in [1.82, 2.24) is 4.98 Å². The SMILES string of the molecule is COc1ccccc1N(C(C)=O)c1nc(COC(=O)[C@H]2CC(=O)N(c3ccc(C)c(F)c3)C2)cs1. The molecule has 0 radical (unpaired) electrons. The molecule has 1 aromatic heterocycles. The first kappa shape index (κ1) is 24.3. The minimum atomic E-state index is -0.660. The number of hydrogen-bond acceptors (Lipinski definition) is 7. The maximum Gasteiger partial charge on any atom is 0.311 e. The second kappa shape index (κ2) is 10.2. The van der Waals surface area contributed by atoms with E-state index in [-0.39, 0.29) is 31.4 Å². The van der Waals surface area contributed by atoms with Gasteiger partial charge in [-0.25, -0.2) is 9.37 Å². The van der Waals surface area contributed by atoms with Gasteiger partial charge in [-0.05, 0) is 36.8 Å². The van der Waals surface area contributed by atoms with Gasteiger partial charge < -0.3 is 14.4 Å². The van der Waals surface area contributed by atoms with Gasteiger partial charge in [-0.2, -0.15) is 0 Å². The second-order valence-electron chi connectivity index (χ2n) is 8.09. The van der Waals surface area contributed by atoms with Crippen molar-refractivity contribution in [3.8, 4) is 5.75 Å². The summed E-state index contributed by atoms with van der Waals surface area (Å²) in [5, 5.41) is 2.12. The maximum absolute atomic E-state index is 13.9. The smallest absolute Gasteiger partial charge is 0.311 e. The van der Waals surface area contributed by atoms with Gasteiger partial charge in [-0.3, -0.25) is 19.3 Å². The standard InChI is InChI=1S/C25H24FN3O5S/c1-15-8-9-19(11-20(15)26)28-12-17(10-23(28)31)24(32)34-13-18-14-35-25(27-18)29(16(2)30)21-6-4-5-7-22(21)33-3/h4-9,11,14,17H,10,12-13H2,1-3H3/t17-/m0/s1.